The van der Waals surface area contributed by atoms with E-state index in [1.807, 2.05) is 17.0 Å². The first-order chi connectivity index (χ1) is 12.6. The molecule has 2 N–H and O–H groups in total. The number of piperidine rings is 1. The Morgan fingerprint density at radius 2 is 2.19 bits per heavy atom. The van der Waals surface area contributed by atoms with Gasteiger partial charge >= 0.3 is 0 Å². The summed E-state index contributed by atoms with van der Waals surface area (Å²) in [7, 11) is 0. The molecular weight excluding hydrogens is 334 g/mol. The number of fused-ring (bicyclic) bond motifs is 1. The van der Waals surface area contributed by atoms with Gasteiger partial charge in [-0.05, 0) is 43.2 Å². The Labute approximate surface area is 152 Å². The van der Waals surface area contributed by atoms with E-state index in [9.17, 15) is 14.7 Å². The Morgan fingerprint density at radius 3 is 2.92 bits per heavy atom. The molecule has 1 aromatic rings. The number of nitrogens with zero attached hydrogens (tertiary/aromatic N) is 2. The van der Waals surface area contributed by atoms with E-state index in [-0.39, 0.29) is 29.9 Å². The predicted octanol–water partition coefficient (Wildman–Crippen LogP) is 0.475. The molecule has 3 fully saturated rings. The van der Waals surface area contributed by atoms with Crippen molar-refractivity contribution >= 4 is 11.8 Å². The average molecular weight is 359 g/mol. The highest BCUT2D eigenvalue weighted by molar-refractivity contribution is 5.81. The molecule has 4 rings (SSSR count). The van der Waals surface area contributed by atoms with Crippen LogP contribution in [0.3, 0.4) is 0 Å². The molecule has 0 bridgehead atoms. The number of nitrogens with one attached hydrogen (secondary N) is 1. The number of carbonyl (C=O) groups is 2. The average Bonchev–Trinajstić information content (AvgIpc) is 3.07. The SMILES string of the molecule is O=C(NCc1cccnc1)[C@H]1C[C@@H]2CCN(C(=O)C3CC(O)C3)C[C@H]2O1. The van der Waals surface area contributed by atoms with Crippen LogP contribution in [0.15, 0.2) is 24.5 Å². The van der Waals surface area contributed by atoms with Gasteiger partial charge in [-0.25, -0.2) is 0 Å². The maximum atomic E-state index is 12.5. The second kappa shape index (κ2) is 7.32. The molecule has 2 amide bonds. The third-order valence-electron chi connectivity index (χ3n) is 5.81. The van der Waals surface area contributed by atoms with Gasteiger partial charge in [-0.2, -0.15) is 0 Å². The lowest BCUT2D eigenvalue weighted by Gasteiger charge is -2.39. The Balaban J connectivity index is 1.27. The fourth-order valence-electron chi connectivity index (χ4n) is 4.15. The van der Waals surface area contributed by atoms with Gasteiger partial charge in [-0.3, -0.25) is 14.6 Å². The van der Waals surface area contributed by atoms with Gasteiger partial charge in [-0.15, -0.1) is 0 Å². The van der Waals surface area contributed by atoms with E-state index in [1.165, 1.54) is 0 Å². The molecule has 0 unspecified atom stereocenters. The third-order valence-corrected chi connectivity index (χ3v) is 5.81. The fraction of sp³-hybridized carbons (Fsp3) is 0.632. The Kier molecular flexibility index (Phi) is 4.91. The number of amides is 2. The number of aliphatic hydroxyl groups is 1. The Hall–Kier alpha value is -1.99. The molecule has 1 aliphatic carbocycles. The highest BCUT2D eigenvalue weighted by atomic mass is 16.5. The van der Waals surface area contributed by atoms with Crippen LogP contribution in [0.5, 0.6) is 0 Å². The second-order valence-corrected chi connectivity index (χ2v) is 7.63. The number of likely N-dealkylation sites (tertiary alicyclic amines) is 1. The van der Waals surface area contributed by atoms with Crippen molar-refractivity contribution in [1.29, 1.82) is 0 Å². The van der Waals surface area contributed by atoms with E-state index in [2.05, 4.69) is 10.3 Å². The van der Waals surface area contributed by atoms with Gasteiger partial charge in [0.15, 0.2) is 0 Å². The summed E-state index contributed by atoms with van der Waals surface area (Å²) in [6.45, 7) is 1.72. The van der Waals surface area contributed by atoms with Gasteiger partial charge in [0.05, 0.1) is 12.2 Å². The van der Waals surface area contributed by atoms with Crippen molar-refractivity contribution in [2.24, 2.45) is 11.8 Å². The van der Waals surface area contributed by atoms with Crippen molar-refractivity contribution in [1.82, 2.24) is 15.2 Å². The molecule has 26 heavy (non-hydrogen) atoms. The van der Waals surface area contributed by atoms with Crippen molar-refractivity contribution in [3.05, 3.63) is 30.1 Å². The molecule has 0 radical (unpaired) electrons. The predicted molar refractivity (Wildman–Crippen MR) is 92.8 cm³/mol. The van der Waals surface area contributed by atoms with Crippen LogP contribution in [0.4, 0.5) is 0 Å². The minimum absolute atomic E-state index is 0.0402. The molecule has 7 heteroatoms. The number of aromatic nitrogens is 1. The van der Waals surface area contributed by atoms with Gasteiger partial charge in [0.25, 0.3) is 0 Å². The van der Waals surface area contributed by atoms with Crippen LogP contribution in [-0.4, -0.2) is 58.2 Å². The quantitative estimate of drug-likeness (QED) is 0.816. The van der Waals surface area contributed by atoms with E-state index in [0.717, 1.165) is 18.5 Å². The number of pyridine rings is 1. The van der Waals surface area contributed by atoms with Crippen LogP contribution in [0, 0.1) is 11.8 Å². The summed E-state index contributed by atoms with van der Waals surface area (Å²) in [5.41, 5.74) is 0.954. The van der Waals surface area contributed by atoms with Crippen LogP contribution in [0.2, 0.25) is 0 Å². The van der Waals surface area contributed by atoms with Gasteiger partial charge < -0.3 is 20.1 Å². The molecular formula is C19H25N3O4. The molecule has 1 aromatic heterocycles. The normalized spacial score (nSPS) is 33.3. The highest BCUT2D eigenvalue weighted by Gasteiger charge is 2.44. The van der Waals surface area contributed by atoms with E-state index in [4.69, 9.17) is 4.74 Å². The lowest BCUT2D eigenvalue weighted by molar-refractivity contribution is -0.147. The zero-order chi connectivity index (χ0) is 18.1. The van der Waals surface area contributed by atoms with Crippen molar-refractivity contribution in [3.63, 3.8) is 0 Å². The molecule has 0 aromatic carbocycles. The summed E-state index contributed by atoms with van der Waals surface area (Å²) < 4.78 is 5.98. The molecule has 0 spiro atoms. The Bertz CT molecular complexity index is 662. The Morgan fingerprint density at radius 1 is 1.35 bits per heavy atom. The van der Waals surface area contributed by atoms with Crippen LogP contribution < -0.4 is 5.32 Å². The van der Waals surface area contributed by atoms with E-state index in [0.29, 0.717) is 38.3 Å². The third kappa shape index (κ3) is 3.59. The number of carbonyl (C=O) groups excluding carboxylic acids is 2. The fourth-order valence-corrected chi connectivity index (χ4v) is 4.15. The first kappa shape index (κ1) is 17.4. The van der Waals surface area contributed by atoms with E-state index >= 15 is 0 Å². The lowest BCUT2D eigenvalue weighted by atomic mass is 9.80. The minimum atomic E-state index is -0.442. The molecule has 2 aliphatic heterocycles. The first-order valence-electron chi connectivity index (χ1n) is 9.39. The van der Waals surface area contributed by atoms with E-state index < -0.39 is 6.10 Å². The summed E-state index contributed by atoms with van der Waals surface area (Å²) >= 11 is 0. The summed E-state index contributed by atoms with van der Waals surface area (Å²) in [6, 6.07) is 3.76. The summed E-state index contributed by atoms with van der Waals surface area (Å²) in [5.74, 6) is 0.326. The molecule has 1 saturated carbocycles. The smallest absolute Gasteiger partial charge is 0.249 e. The number of ether oxygens (including phenoxy) is 1. The van der Waals surface area contributed by atoms with Gasteiger partial charge in [-0.1, -0.05) is 6.07 Å². The number of aliphatic hydroxyl groups excluding tert-OH is 1. The van der Waals surface area contributed by atoms with Crippen molar-refractivity contribution in [2.75, 3.05) is 13.1 Å². The number of rotatable bonds is 4. The van der Waals surface area contributed by atoms with Crippen molar-refractivity contribution in [2.45, 2.75) is 50.5 Å². The van der Waals surface area contributed by atoms with Gasteiger partial charge in [0.2, 0.25) is 11.8 Å². The van der Waals surface area contributed by atoms with Crippen LogP contribution in [0.25, 0.3) is 0 Å². The number of hydrogen-bond acceptors (Lipinski definition) is 5. The van der Waals surface area contributed by atoms with Gasteiger partial charge in [0, 0.05) is 37.9 Å². The maximum Gasteiger partial charge on any atom is 0.249 e. The van der Waals surface area contributed by atoms with Crippen molar-refractivity contribution in [3.8, 4) is 0 Å². The molecule has 3 heterocycles. The zero-order valence-electron chi connectivity index (χ0n) is 14.7. The maximum absolute atomic E-state index is 12.5. The lowest BCUT2D eigenvalue weighted by Crippen LogP contribution is -2.50. The highest BCUT2D eigenvalue weighted by Crippen LogP contribution is 2.36. The summed E-state index contributed by atoms with van der Waals surface area (Å²) in [6.07, 6.45) is 5.34. The van der Waals surface area contributed by atoms with Crippen LogP contribution >= 0.6 is 0 Å². The van der Waals surface area contributed by atoms with Gasteiger partial charge in [0.1, 0.15) is 6.10 Å². The van der Waals surface area contributed by atoms with Crippen LogP contribution in [0.1, 0.15) is 31.2 Å². The molecule has 140 valence electrons. The first-order valence-corrected chi connectivity index (χ1v) is 9.39. The van der Waals surface area contributed by atoms with E-state index in [1.54, 1.807) is 12.4 Å². The molecule has 2 saturated heterocycles. The summed E-state index contributed by atoms with van der Waals surface area (Å²) in [5, 5.41) is 12.3. The molecule has 3 aliphatic rings. The van der Waals surface area contributed by atoms with Crippen molar-refractivity contribution < 1.29 is 19.4 Å². The molecule has 7 nitrogen and oxygen atoms in total. The monoisotopic (exact) mass is 359 g/mol. The minimum Gasteiger partial charge on any atom is -0.393 e. The molecule has 3 atom stereocenters. The van der Waals surface area contributed by atoms with Crippen LogP contribution in [-0.2, 0) is 20.9 Å². The summed E-state index contributed by atoms with van der Waals surface area (Å²) in [4.78, 5) is 30.8. The second-order valence-electron chi connectivity index (χ2n) is 7.63. The zero-order valence-corrected chi connectivity index (χ0v) is 14.7. The topological polar surface area (TPSA) is 91.8 Å². The number of hydrogen-bond donors (Lipinski definition) is 2. The standard InChI is InChI=1S/C19H25N3O4/c23-15-6-14(7-15)19(25)22-5-3-13-8-16(26-17(13)11-22)18(24)21-10-12-2-1-4-20-9-12/h1-2,4,9,13-17,23H,3,5-8,10-11H2,(H,21,24)/t13-,14?,15?,16+,17+/m0/s1. The largest absolute Gasteiger partial charge is 0.393 e.